The lowest BCUT2D eigenvalue weighted by molar-refractivity contribution is 0.0888. The molecule has 1 atom stereocenters. The van der Waals surface area contributed by atoms with E-state index in [9.17, 15) is 4.79 Å². The molecule has 2 rings (SSSR count). The molecule has 82 valence electrons. The first-order chi connectivity index (χ1) is 7.11. The van der Waals surface area contributed by atoms with Crippen molar-refractivity contribution in [1.29, 1.82) is 0 Å². The molecule has 0 bridgehead atoms. The van der Waals surface area contributed by atoms with Gasteiger partial charge in [0.15, 0.2) is 4.67 Å². The zero-order valence-electron chi connectivity index (χ0n) is 8.38. The Kier molecular flexibility index (Phi) is 2.84. The topological polar surface area (TPSA) is 51.5 Å². The number of hydrogen-bond donors (Lipinski definition) is 1. The lowest BCUT2D eigenvalue weighted by Crippen LogP contribution is -2.46. The van der Waals surface area contributed by atoms with Crippen LogP contribution in [-0.2, 0) is 4.74 Å². The highest BCUT2D eigenvalue weighted by atomic mass is 79.9. The second-order valence-electron chi connectivity index (χ2n) is 3.93. The SMILES string of the molecule is CC1(NC(=O)c2ccoc2Br)CCOC1. The minimum atomic E-state index is -0.256. The molecule has 0 saturated carbocycles. The van der Waals surface area contributed by atoms with Crippen LogP contribution in [0.2, 0.25) is 0 Å². The number of hydrogen-bond acceptors (Lipinski definition) is 3. The van der Waals surface area contributed by atoms with Crippen molar-refractivity contribution in [1.82, 2.24) is 5.32 Å². The molecule has 0 aromatic carbocycles. The van der Waals surface area contributed by atoms with Gasteiger partial charge in [-0.2, -0.15) is 0 Å². The Labute approximate surface area is 96.1 Å². The van der Waals surface area contributed by atoms with Gasteiger partial charge in [-0.25, -0.2) is 0 Å². The monoisotopic (exact) mass is 273 g/mol. The van der Waals surface area contributed by atoms with Gasteiger partial charge in [0, 0.05) is 6.61 Å². The Morgan fingerprint density at radius 2 is 2.47 bits per heavy atom. The second-order valence-corrected chi connectivity index (χ2v) is 4.65. The number of furan rings is 1. The van der Waals surface area contributed by atoms with Crippen LogP contribution in [0.1, 0.15) is 23.7 Å². The van der Waals surface area contributed by atoms with Gasteiger partial charge in [0.1, 0.15) is 0 Å². The molecule has 1 fully saturated rings. The molecule has 0 spiro atoms. The van der Waals surface area contributed by atoms with Crippen molar-refractivity contribution in [3.05, 3.63) is 22.6 Å². The average Bonchev–Trinajstić information content (AvgIpc) is 2.74. The van der Waals surface area contributed by atoms with E-state index in [1.54, 1.807) is 6.07 Å². The minimum absolute atomic E-state index is 0.136. The Balaban J connectivity index is 2.07. The molecular formula is C10H12BrNO3. The number of nitrogens with one attached hydrogen (secondary N) is 1. The van der Waals surface area contributed by atoms with Crippen LogP contribution >= 0.6 is 15.9 Å². The van der Waals surface area contributed by atoms with Crippen molar-refractivity contribution < 1.29 is 13.9 Å². The van der Waals surface area contributed by atoms with Crippen LogP contribution in [0.25, 0.3) is 0 Å². The van der Waals surface area contributed by atoms with E-state index >= 15 is 0 Å². The quantitative estimate of drug-likeness (QED) is 0.896. The van der Waals surface area contributed by atoms with E-state index in [-0.39, 0.29) is 11.4 Å². The largest absolute Gasteiger partial charge is 0.457 e. The third-order valence-electron chi connectivity index (χ3n) is 2.50. The molecule has 4 nitrogen and oxygen atoms in total. The molecule has 15 heavy (non-hydrogen) atoms. The van der Waals surface area contributed by atoms with Crippen molar-refractivity contribution in [3.63, 3.8) is 0 Å². The number of carbonyl (C=O) groups is 1. The third kappa shape index (κ3) is 2.23. The Hall–Kier alpha value is -0.810. The van der Waals surface area contributed by atoms with Crippen LogP contribution in [0.15, 0.2) is 21.4 Å². The van der Waals surface area contributed by atoms with Gasteiger partial charge in [0.25, 0.3) is 5.91 Å². The third-order valence-corrected chi connectivity index (χ3v) is 3.11. The van der Waals surface area contributed by atoms with E-state index < -0.39 is 0 Å². The molecule has 0 radical (unpaired) electrons. The van der Waals surface area contributed by atoms with Crippen LogP contribution in [0.3, 0.4) is 0 Å². The highest BCUT2D eigenvalue weighted by Crippen LogP contribution is 2.21. The van der Waals surface area contributed by atoms with E-state index in [1.807, 2.05) is 6.92 Å². The van der Waals surface area contributed by atoms with Crippen LogP contribution < -0.4 is 5.32 Å². The summed E-state index contributed by atoms with van der Waals surface area (Å²) in [6.07, 6.45) is 2.32. The Bertz CT molecular complexity index is 368. The zero-order chi connectivity index (χ0) is 10.9. The number of ether oxygens (including phenoxy) is 1. The molecule has 5 heteroatoms. The smallest absolute Gasteiger partial charge is 0.256 e. The van der Waals surface area contributed by atoms with Gasteiger partial charge in [-0.3, -0.25) is 4.79 Å². The van der Waals surface area contributed by atoms with Gasteiger partial charge in [0.05, 0.1) is 24.0 Å². The summed E-state index contributed by atoms with van der Waals surface area (Å²) in [5, 5.41) is 2.94. The van der Waals surface area contributed by atoms with Crippen LogP contribution in [-0.4, -0.2) is 24.7 Å². The normalized spacial score (nSPS) is 25.5. The van der Waals surface area contributed by atoms with Crippen molar-refractivity contribution in [2.75, 3.05) is 13.2 Å². The average molecular weight is 274 g/mol. The molecule has 1 aliphatic heterocycles. The molecular weight excluding hydrogens is 262 g/mol. The fourth-order valence-corrected chi connectivity index (χ4v) is 1.98. The Morgan fingerprint density at radius 1 is 1.67 bits per heavy atom. The first-order valence-corrected chi connectivity index (χ1v) is 5.53. The molecule has 1 aromatic heterocycles. The summed E-state index contributed by atoms with van der Waals surface area (Å²) in [5.41, 5.74) is 0.261. The molecule has 1 saturated heterocycles. The summed E-state index contributed by atoms with van der Waals surface area (Å²) in [6.45, 7) is 3.24. The fraction of sp³-hybridized carbons (Fsp3) is 0.500. The van der Waals surface area contributed by atoms with Crippen molar-refractivity contribution in [3.8, 4) is 0 Å². The summed E-state index contributed by atoms with van der Waals surface area (Å²) in [6, 6.07) is 1.64. The zero-order valence-corrected chi connectivity index (χ0v) is 9.96. The minimum Gasteiger partial charge on any atom is -0.457 e. The predicted molar refractivity (Wildman–Crippen MR) is 57.7 cm³/mol. The van der Waals surface area contributed by atoms with Gasteiger partial charge in [-0.1, -0.05) is 0 Å². The molecule has 1 aromatic rings. The second kappa shape index (κ2) is 3.98. The molecule has 1 aliphatic rings. The Morgan fingerprint density at radius 3 is 3.00 bits per heavy atom. The van der Waals surface area contributed by atoms with Gasteiger partial charge in [0.2, 0.25) is 0 Å². The summed E-state index contributed by atoms with van der Waals surface area (Å²) >= 11 is 3.18. The maximum atomic E-state index is 11.8. The van der Waals surface area contributed by atoms with E-state index in [0.717, 1.165) is 6.42 Å². The van der Waals surface area contributed by atoms with Crippen LogP contribution in [0, 0.1) is 0 Å². The van der Waals surface area contributed by atoms with Crippen molar-refractivity contribution in [2.45, 2.75) is 18.9 Å². The number of carbonyl (C=O) groups excluding carboxylic acids is 1. The summed E-state index contributed by atoms with van der Waals surface area (Å²) in [5.74, 6) is -0.136. The lowest BCUT2D eigenvalue weighted by atomic mass is 10.0. The van der Waals surface area contributed by atoms with Crippen molar-refractivity contribution in [2.24, 2.45) is 0 Å². The standard InChI is InChI=1S/C10H12BrNO3/c1-10(3-5-14-6-10)12-9(13)7-2-4-15-8(7)11/h2,4H,3,5-6H2,1H3,(H,12,13). The first kappa shape index (κ1) is 10.7. The maximum Gasteiger partial charge on any atom is 0.256 e. The van der Waals surface area contributed by atoms with Gasteiger partial charge < -0.3 is 14.5 Å². The summed E-state index contributed by atoms with van der Waals surface area (Å²) in [7, 11) is 0. The maximum absolute atomic E-state index is 11.8. The number of halogens is 1. The molecule has 2 heterocycles. The van der Waals surface area contributed by atoms with Crippen LogP contribution in [0.4, 0.5) is 0 Å². The van der Waals surface area contributed by atoms with E-state index in [0.29, 0.717) is 23.4 Å². The molecule has 1 amide bonds. The van der Waals surface area contributed by atoms with Gasteiger partial charge >= 0.3 is 0 Å². The summed E-state index contributed by atoms with van der Waals surface area (Å²) < 4.78 is 10.7. The number of amides is 1. The van der Waals surface area contributed by atoms with E-state index in [4.69, 9.17) is 9.15 Å². The van der Waals surface area contributed by atoms with Crippen LogP contribution in [0.5, 0.6) is 0 Å². The van der Waals surface area contributed by atoms with Gasteiger partial charge in [-0.05, 0) is 35.3 Å². The highest BCUT2D eigenvalue weighted by Gasteiger charge is 2.32. The lowest BCUT2D eigenvalue weighted by Gasteiger charge is -2.23. The molecule has 1 N–H and O–H groups in total. The van der Waals surface area contributed by atoms with Gasteiger partial charge in [-0.15, -0.1) is 0 Å². The van der Waals surface area contributed by atoms with Crippen molar-refractivity contribution >= 4 is 21.8 Å². The molecule has 0 aliphatic carbocycles. The highest BCUT2D eigenvalue weighted by molar-refractivity contribution is 9.10. The van der Waals surface area contributed by atoms with E-state index in [2.05, 4.69) is 21.2 Å². The first-order valence-electron chi connectivity index (χ1n) is 4.74. The molecule has 1 unspecified atom stereocenters. The number of rotatable bonds is 2. The predicted octanol–water partition coefficient (Wildman–Crippen LogP) is 1.95. The van der Waals surface area contributed by atoms with E-state index in [1.165, 1.54) is 6.26 Å². The fourth-order valence-electron chi connectivity index (χ4n) is 1.56. The summed E-state index contributed by atoms with van der Waals surface area (Å²) in [4.78, 5) is 11.8.